The standard InChI is InChI=1S/C36H64O4/c1-3-5-7-9-11-13-14-15-16-17-19-25-29-33-36(39)40-34(30-26-22-18-12-10-8-6-4-2)31-27-23-20-21-24-28-32-35(37)38/h7,9,13-14,26,30,34H,3-6,8,10-12,15-25,27-29,31-33H2,1-2H3,(H,37,38)/b9-7-,14-13-,30-26-. The summed E-state index contributed by atoms with van der Waals surface area (Å²) in [6.07, 6.45) is 40.2. The third kappa shape index (κ3) is 30.7. The third-order valence-electron chi connectivity index (χ3n) is 7.30. The van der Waals surface area contributed by atoms with Crippen molar-refractivity contribution >= 4 is 11.9 Å². The molecule has 1 unspecified atom stereocenters. The average molecular weight is 561 g/mol. The number of carbonyl (C=O) groups is 2. The van der Waals surface area contributed by atoms with Gasteiger partial charge in [0.1, 0.15) is 6.10 Å². The van der Waals surface area contributed by atoms with Crippen LogP contribution in [0.2, 0.25) is 0 Å². The van der Waals surface area contributed by atoms with Crippen LogP contribution < -0.4 is 0 Å². The van der Waals surface area contributed by atoms with Crippen LogP contribution in [0.15, 0.2) is 36.5 Å². The van der Waals surface area contributed by atoms with Crippen LogP contribution in [0.3, 0.4) is 0 Å². The van der Waals surface area contributed by atoms with Crippen LogP contribution in [0.4, 0.5) is 0 Å². The number of aliphatic carboxylic acids is 1. The van der Waals surface area contributed by atoms with Gasteiger partial charge in [-0.3, -0.25) is 9.59 Å². The summed E-state index contributed by atoms with van der Waals surface area (Å²) in [4.78, 5) is 23.2. The van der Waals surface area contributed by atoms with Gasteiger partial charge in [0.2, 0.25) is 0 Å². The molecule has 0 saturated carbocycles. The summed E-state index contributed by atoms with van der Waals surface area (Å²) < 4.78 is 5.88. The molecule has 0 aliphatic heterocycles. The van der Waals surface area contributed by atoms with Crippen LogP contribution in [-0.4, -0.2) is 23.1 Å². The predicted molar refractivity (Wildman–Crippen MR) is 172 cm³/mol. The predicted octanol–water partition coefficient (Wildman–Crippen LogP) is 11.4. The van der Waals surface area contributed by atoms with Crippen LogP contribution in [0, 0.1) is 0 Å². The fraction of sp³-hybridized carbons (Fsp3) is 0.778. The summed E-state index contributed by atoms with van der Waals surface area (Å²) >= 11 is 0. The van der Waals surface area contributed by atoms with E-state index in [-0.39, 0.29) is 18.5 Å². The SMILES string of the molecule is CCC/C=C\C/C=C\CCCCCCCC(=O)OC(/C=C\CCCCCCCC)CCCCCCCCC(=O)O. The molecule has 1 atom stereocenters. The highest BCUT2D eigenvalue weighted by Gasteiger charge is 2.11. The van der Waals surface area contributed by atoms with E-state index in [0.29, 0.717) is 6.42 Å². The number of hydrogen-bond donors (Lipinski definition) is 1. The van der Waals surface area contributed by atoms with Crippen LogP contribution in [-0.2, 0) is 14.3 Å². The molecule has 0 aliphatic rings. The van der Waals surface area contributed by atoms with Gasteiger partial charge in [-0.05, 0) is 70.3 Å². The second-order valence-electron chi connectivity index (χ2n) is 11.3. The highest BCUT2D eigenvalue weighted by atomic mass is 16.5. The van der Waals surface area contributed by atoms with Gasteiger partial charge in [-0.1, -0.05) is 128 Å². The van der Waals surface area contributed by atoms with E-state index >= 15 is 0 Å². The van der Waals surface area contributed by atoms with Crippen molar-refractivity contribution in [3.8, 4) is 0 Å². The molecule has 0 rings (SSSR count). The van der Waals surface area contributed by atoms with E-state index in [1.165, 1.54) is 70.6 Å². The monoisotopic (exact) mass is 560 g/mol. The number of carboxylic acids is 1. The summed E-state index contributed by atoms with van der Waals surface area (Å²) in [6.45, 7) is 4.45. The Labute approximate surface area is 248 Å². The van der Waals surface area contributed by atoms with E-state index in [0.717, 1.165) is 77.0 Å². The van der Waals surface area contributed by atoms with Crippen molar-refractivity contribution in [2.24, 2.45) is 0 Å². The molecule has 0 aromatic heterocycles. The molecule has 0 aromatic rings. The average Bonchev–Trinajstić information content (AvgIpc) is 2.93. The fourth-order valence-electron chi connectivity index (χ4n) is 4.78. The first-order valence-corrected chi connectivity index (χ1v) is 17.0. The first-order chi connectivity index (χ1) is 19.6. The van der Waals surface area contributed by atoms with E-state index in [9.17, 15) is 9.59 Å². The second kappa shape index (κ2) is 31.7. The molecular weight excluding hydrogens is 496 g/mol. The number of unbranched alkanes of at least 4 members (excludes halogenated alkanes) is 17. The molecule has 0 amide bonds. The number of rotatable bonds is 30. The Kier molecular flexibility index (Phi) is 30.2. The first-order valence-electron chi connectivity index (χ1n) is 17.0. The lowest BCUT2D eigenvalue weighted by atomic mass is 10.0. The number of allylic oxidation sites excluding steroid dienone is 5. The topological polar surface area (TPSA) is 63.6 Å². The molecule has 0 fully saturated rings. The number of ether oxygens (including phenoxy) is 1. The number of hydrogen-bond acceptors (Lipinski definition) is 3. The Balaban J connectivity index is 4.14. The van der Waals surface area contributed by atoms with Gasteiger partial charge in [0.15, 0.2) is 0 Å². The van der Waals surface area contributed by atoms with E-state index in [2.05, 4.69) is 50.3 Å². The molecule has 0 bridgehead atoms. The van der Waals surface area contributed by atoms with Gasteiger partial charge in [-0.15, -0.1) is 0 Å². The first kappa shape index (κ1) is 38.2. The van der Waals surface area contributed by atoms with Crippen LogP contribution in [0.1, 0.15) is 174 Å². The lowest BCUT2D eigenvalue weighted by Crippen LogP contribution is -2.16. The molecular formula is C36H64O4. The fourth-order valence-corrected chi connectivity index (χ4v) is 4.78. The second-order valence-corrected chi connectivity index (χ2v) is 11.3. The van der Waals surface area contributed by atoms with Gasteiger partial charge in [0, 0.05) is 12.8 Å². The number of carboxylic acid groups (broad SMARTS) is 1. The maximum absolute atomic E-state index is 12.5. The van der Waals surface area contributed by atoms with Crippen molar-refractivity contribution < 1.29 is 19.4 Å². The molecule has 0 aromatic carbocycles. The number of esters is 1. The summed E-state index contributed by atoms with van der Waals surface area (Å²) in [5.74, 6) is -0.756. The highest BCUT2D eigenvalue weighted by Crippen LogP contribution is 2.15. The Morgan fingerprint density at radius 2 is 1.10 bits per heavy atom. The van der Waals surface area contributed by atoms with Gasteiger partial charge in [-0.25, -0.2) is 0 Å². The van der Waals surface area contributed by atoms with E-state index < -0.39 is 5.97 Å². The lowest BCUT2D eigenvalue weighted by molar-refractivity contribution is -0.147. The van der Waals surface area contributed by atoms with Crippen molar-refractivity contribution in [3.05, 3.63) is 36.5 Å². The van der Waals surface area contributed by atoms with Crippen LogP contribution in [0.25, 0.3) is 0 Å². The van der Waals surface area contributed by atoms with E-state index in [4.69, 9.17) is 9.84 Å². The minimum absolute atomic E-state index is 0.0538. The molecule has 0 radical (unpaired) electrons. The van der Waals surface area contributed by atoms with Crippen molar-refractivity contribution in [3.63, 3.8) is 0 Å². The van der Waals surface area contributed by atoms with Gasteiger partial charge >= 0.3 is 11.9 Å². The Bertz CT molecular complexity index is 649. The Hall–Kier alpha value is -1.84. The maximum Gasteiger partial charge on any atom is 0.306 e. The smallest absolute Gasteiger partial charge is 0.306 e. The van der Waals surface area contributed by atoms with Crippen LogP contribution in [0.5, 0.6) is 0 Å². The molecule has 1 N–H and O–H groups in total. The van der Waals surface area contributed by atoms with Gasteiger partial charge in [0.05, 0.1) is 0 Å². The molecule has 0 saturated heterocycles. The Morgan fingerprint density at radius 3 is 1.73 bits per heavy atom. The summed E-state index contributed by atoms with van der Waals surface area (Å²) in [6, 6.07) is 0. The van der Waals surface area contributed by atoms with Gasteiger partial charge < -0.3 is 9.84 Å². The minimum Gasteiger partial charge on any atom is -0.481 e. The molecule has 0 aliphatic carbocycles. The largest absolute Gasteiger partial charge is 0.481 e. The Morgan fingerprint density at radius 1 is 0.575 bits per heavy atom. The van der Waals surface area contributed by atoms with Crippen molar-refractivity contribution in [2.75, 3.05) is 0 Å². The summed E-state index contributed by atoms with van der Waals surface area (Å²) in [5, 5.41) is 8.74. The minimum atomic E-state index is -0.702. The quantitative estimate of drug-likeness (QED) is 0.0539. The van der Waals surface area contributed by atoms with Crippen molar-refractivity contribution in [1.29, 1.82) is 0 Å². The lowest BCUT2D eigenvalue weighted by Gasteiger charge is -2.15. The summed E-state index contributed by atoms with van der Waals surface area (Å²) in [5.41, 5.74) is 0. The normalized spacial score (nSPS) is 12.7. The molecule has 232 valence electrons. The molecule has 4 nitrogen and oxygen atoms in total. The molecule has 0 heterocycles. The molecule has 0 spiro atoms. The number of carbonyl (C=O) groups excluding carboxylic acids is 1. The highest BCUT2D eigenvalue weighted by molar-refractivity contribution is 5.69. The van der Waals surface area contributed by atoms with E-state index in [1.54, 1.807) is 0 Å². The van der Waals surface area contributed by atoms with E-state index in [1.807, 2.05) is 0 Å². The van der Waals surface area contributed by atoms with Crippen LogP contribution >= 0.6 is 0 Å². The van der Waals surface area contributed by atoms with Gasteiger partial charge in [0.25, 0.3) is 0 Å². The zero-order valence-electron chi connectivity index (χ0n) is 26.4. The van der Waals surface area contributed by atoms with Gasteiger partial charge in [-0.2, -0.15) is 0 Å². The maximum atomic E-state index is 12.5. The summed E-state index contributed by atoms with van der Waals surface area (Å²) in [7, 11) is 0. The zero-order valence-corrected chi connectivity index (χ0v) is 26.4. The molecule has 4 heteroatoms. The zero-order chi connectivity index (χ0) is 29.4. The van der Waals surface area contributed by atoms with Crippen molar-refractivity contribution in [1.82, 2.24) is 0 Å². The third-order valence-corrected chi connectivity index (χ3v) is 7.30. The molecule has 40 heavy (non-hydrogen) atoms. The van der Waals surface area contributed by atoms with Crippen molar-refractivity contribution in [2.45, 2.75) is 180 Å².